The average molecular weight is 826 g/mol. The molecule has 3 atom stereocenters. The van der Waals surface area contributed by atoms with Crippen LogP contribution in [0.5, 0.6) is 0 Å². The van der Waals surface area contributed by atoms with Gasteiger partial charge in [0.05, 0.1) is 25.2 Å². The van der Waals surface area contributed by atoms with Crippen LogP contribution < -0.4 is 5.32 Å². The van der Waals surface area contributed by atoms with Gasteiger partial charge in [-0.2, -0.15) is 0 Å². The lowest BCUT2D eigenvalue weighted by Crippen LogP contribution is -2.46. The Hall–Kier alpha value is -2.44. The lowest BCUT2D eigenvalue weighted by atomic mass is 10.0. The number of rotatable bonds is 44. The molecule has 0 spiro atoms. The Balaban J connectivity index is 4.66. The number of ether oxygens (including phenoxy) is 1. The summed E-state index contributed by atoms with van der Waals surface area (Å²) in [6, 6.07) is -0.710. The summed E-state index contributed by atoms with van der Waals surface area (Å²) in [5.41, 5.74) is 0. The molecule has 0 aliphatic rings. The van der Waals surface area contributed by atoms with Crippen LogP contribution in [0.15, 0.2) is 60.8 Å². The van der Waals surface area contributed by atoms with Gasteiger partial charge >= 0.3 is 5.97 Å². The number of carbonyl (C=O) groups is 2. The molecule has 0 aromatic heterocycles. The molecule has 0 radical (unpaired) electrons. The maximum atomic E-state index is 13.2. The summed E-state index contributed by atoms with van der Waals surface area (Å²) < 4.78 is 5.91. The molecule has 3 unspecified atom stereocenters. The van der Waals surface area contributed by atoms with Crippen LogP contribution in [0.2, 0.25) is 0 Å². The Kier molecular flexibility index (Phi) is 44.7. The second-order valence-electron chi connectivity index (χ2n) is 16.8. The zero-order valence-electron chi connectivity index (χ0n) is 38.9. The lowest BCUT2D eigenvalue weighted by Gasteiger charge is -2.24. The minimum absolute atomic E-state index is 0.0578. The van der Waals surface area contributed by atoms with Gasteiger partial charge in [-0.3, -0.25) is 9.59 Å². The van der Waals surface area contributed by atoms with E-state index in [1.807, 2.05) is 0 Å². The molecule has 6 nitrogen and oxygen atoms in total. The second-order valence-corrected chi connectivity index (χ2v) is 16.8. The Bertz CT molecular complexity index is 1060. The molecule has 0 fully saturated rings. The molecule has 0 saturated carbocycles. The minimum Gasteiger partial charge on any atom is -0.462 e. The van der Waals surface area contributed by atoms with E-state index in [1.165, 1.54) is 96.3 Å². The van der Waals surface area contributed by atoms with Crippen molar-refractivity contribution in [2.75, 3.05) is 6.61 Å². The summed E-state index contributed by atoms with van der Waals surface area (Å²) in [4.78, 5) is 26.1. The highest BCUT2D eigenvalue weighted by molar-refractivity contribution is 5.77. The van der Waals surface area contributed by atoms with Gasteiger partial charge in [-0.25, -0.2) is 0 Å². The van der Waals surface area contributed by atoms with Crippen molar-refractivity contribution in [3.05, 3.63) is 60.8 Å². The molecule has 342 valence electrons. The van der Waals surface area contributed by atoms with Crippen LogP contribution >= 0.6 is 0 Å². The molecule has 0 aromatic carbocycles. The molecule has 0 rings (SSSR count). The first-order valence-corrected chi connectivity index (χ1v) is 25.0. The third-order valence-electron chi connectivity index (χ3n) is 11.1. The number of allylic oxidation sites excluding steroid dienone is 10. The number of aliphatic hydroxyl groups excluding tert-OH is 2. The summed E-state index contributed by atoms with van der Waals surface area (Å²) in [7, 11) is 0. The molecular formula is C53H95NO5. The maximum Gasteiger partial charge on any atom is 0.306 e. The van der Waals surface area contributed by atoms with Crippen molar-refractivity contribution in [1.82, 2.24) is 5.32 Å². The van der Waals surface area contributed by atoms with Crippen molar-refractivity contribution in [2.24, 2.45) is 0 Å². The molecule has 0 aliphatic heterocycles. The summed E-state index contributed by atoms with van der Waals surface area (Å²) in [5, 5.41) is 23.7. The quantitative estimate of drug-likeness (QED) is 0.0323. The maximum absolute atomic E-state index is 13.2. The highest BCUT2D eigenvalue weighted by Gasteiger charge is 2.24. The van der Waals surface area contributed by atoms with Crippen molar-refractivity contribution in [3.8, 4) is 0 Å². The molecule has 0 saturated heterocycles. The lowest BCUT2D eigenvalue weighted by molar-refractivity contribution is -0.151. The number of hydrogen-bond acceptors (Lipinski definition) is 5. The molecule has 0 bridgehead atoms. The van der Waals surface area contributed by atoms with E-state index in [0.717, 1.165) is 96.3 Å². The van der Waals surface area contributed by atoms with E-state index in [4.69, 9.17) is 4.74 Å². The van der Waals surface area contributed by atoms with Gasteiger partial charge in [-0.05, 0) is 89.9 Å². The van der Waals surface area contributed by atoms with Crippen molar-refractivity contribution >= 4 is 11.9 Å². The number of aliphatic hydroxyl groups is 2. The Morgan fingerprint density at radius 3 is 1.41 bits per heavy atom. The molecule has 59 heavy (non-hydrogen) atoms. The second kappa shape index (κ2) is 46.6. The van der Waals surface area contributed by atoms with E-state index in [-0.39, 0.29) is 24.9 Å². The van der Waals surface area contributed by atoms with Gasteiger partial charge in [0.1, 0.15) is 6.10 Å². The Morgan fingerprint density at radius 2 is 0.915 bits per heavy atom. The van der Waals surface area contributed by atoms with E-state index in [9.17, 15) is 19.8 Å². The van der Waals surface area contributed by atoms with Gasteiger partial charge in [0.25, 0.3) is 0 Å². The van der Waals surface area contributed by atoms with Crippen LogP contribution in [0.25, 0.3) is 0 Å². The molecule has 3 N–H and O–H groups in total. The van der Waals surface area contributed by atoms with Crippen molar-refractivity contribution < 1.29 is 24.5 Å². The van der Waals surface area contributed by atoms with E-state index >= 15 is 0 Å². The third-order valence-corrected chi connectivity index (χ3v) is 11.1. The molecule has 1 amide bonds. The fourth-order valence-corrected chi connectivity index (χ4v) is 7.30. The zero-order valence-corrected chi connectivity index (χ0v) is 38.9. The van der Waals surface area contributed by atoms with Crippen LogP contribution in [-0.4, -0.2) is 46.9 Å². The predicted molar refractivity (Wildman–Crippen MR) is 255 cm³/mol. The standard InChI is InChI=1S/C53H95NO5/c1-4-7-10-13-16-19-21-23-25-27-29-31-34-37-40-43-46-53(58)59-49(44-41-38-35-33-30-28-26-24-22-20-17-14-11-8-5-2)47-52(57)54-50(48-55)51(56)45-42-39-36-32-18-15-12-9-6-3/h7,10,16,19,23-26,29,31,49-51,55-56H,4-6,8-9,11-15,17-18,20-22,27-28,30,32-48H2,1-3H3,(H,54,57)/b10-7+,19-16+,25-23+,26-24+,31-29+. The zero-order chi connectivity index (χ0) is 43.1. The van der Waals surface area contributed by atoms with E-state index in [0.29, 0.717) is 19.3 Å². The number of esters is 1. The van der Waals surface area contributed by atoms with Gasteiger partial charge < -0.3 is 20.3 Å². The molecule has 0 heterocycles. The predicted octanol–water partition coefficient (Wildman–Crippen LogP) is 14.8. The molecule has 0 aromatic rings. The van der Waals surface area contributed by atoms with Gasteiger partial charge in [0.2, 0.25) is 5.91 Å². The topological polar surface area (TPSA) is 95.9 Å². The third kappa shape index (κ3) is 42.1. The van der Waals surface area contributed by atoms with Gasteiger partial charge in [-0.1, -0.05) is 197 Å². The highest BCUT2D eigenvalue weighted by atomic mass is 16.5. The first kappa shape index (κ1) is 56.6. The Morgan fingerprint density at radius 1 is 0.508 bits per heavy atom. The number of amides is 1. The first-order chi connectivity index (χ1) is 29.0. The normalized spacial score (nSPS) is 13.8. The fraction of sp³-hybridized carbons (Fsp3) is 0.774. The van der Waals surface area contributed by atoms with Crippen molar-refractivity contribution in [3.63, 3.8) is 0 Å². The Labute approximate surface area is 365 Å². The van der Waals surface area contributed by atoms with Gasteiger partial charge in [-0.15, -0.1) is 0 Å². The number of nitrogens with one attached hydrogen (secondary N) is 1. The van der Waals surface area contributed by atoms with Crippen molar-refractivity contribution in [1.29, 1.82) is 0 Å². The number of carbonyl (C=O) groups excluding carboxylic acids is 2. The van der Waals surface area contributed by atoms with Crippen LogP contribution in [0.3, 0.4) is 0 Å². The van der Waals surface area contributed by atoms with Crippen LogP contribution in [0, 0.1) is 0 Å². The number of hydrogen-bond donors (Lipinski definition) is 3. The van der Waals surface area contributed by atoms with Crippen molar-refractivity contribution in [2.45, 2.75) is 257 Å². The summed E-state index contributed by atoms with van der Waals surface area (Å²) in [5.74, 6) is -0.519. The van der Waals surface area contributed by atoms with E-state index in [2.05, 4.69) is 86.8 Å². The number of unbranched alkanes of at least 4 members (excludes halogenated alkanes) is 22. The van der Waals surface area contributed by atoms with Gasteiger partial charge in [0, 0.05) is 6.42 Å². The summed E-state index contributed by atoms with van der Waals surface area (Å²) >= 11 is 0. The highest BCUT2D eigenvalue weighted by Crippen LogP contribution is 2.17. The summed E-state index contributed by atoms with van der Waals surface area (Å²) in [6.07, 6.45) is 57.1. The SMILES string of the molecule is CC/C=C/C/C=C/C/C=C/C/C=C/CCCCCC(=O)OC(CCCCCCC/C=C/CCCCCCCC)CC(=O)NC(CO)C(O)CCCCCCCCCCC. The molecule has 6 heteroatoms. The average Bonchev–Trinajstić information content (AvgIpc) is 3.23. The van der Waals surface area contributed by atoms with Crippen LogP contribution in [0.1, 0.15) is 239 Å². The van der Waals surface area contributed by atoms with E-state index in [1.54, 1.807) is 0 Å². The monoisotopic (exact) mass is 826 g/mol. The van der Waals surface area contributed by atoms with Gasteiger partial charge in [0.15, 0.2) is 0 Å². The minimum atomic E-state index is -0.795. The summed E-state index contributed by atoms with van der Waals surface area (Å²) in [6.45, 7) is 6.33. The molecule has 0 aliphatic carbocycles. The smallest absolute Gasteiger partial charge is 0.306 e. The van der Waals surface area contributed by atoms with Crippen LogP contribution in [0.4, 0.5) is 0 Å². The molecular weight excluding hydrogens is 731 g/mol. The largest absolute Gasteiger partial charge is 0.462 e. The fourth-order valence-electron chi connectivity index (χ4n) is 7.30. The van der Waals surface area contributed by atoms with Crippen LogP contribution in [-0.2, 0) is 14.3 Å². The van der Waals surface area contributed by atoms with E-state index < -0.39 is 18.2 Å². The first-order valence-electron chi connectivity index (χ1n) is 25.0.